The molecule has 3 heterocycles. The number of halogens is 1. The fourth-order valence-corrected chi connectivity index (χ4v) is 4.77. The Morgan fingerprint density at radius 3 is 2.53 bits per heavy atom. The van der Waals surface area contributed by atoms with Crippen molar-refractivity contribution in [3.8, 4) is 0 Å². The number of nitrogens with zero attached hydrogens (tertiary/aromatic N) is 5. The smallest absolute Gasteiger partial charge is 0.253 e. The predicted molar refractivity (Wildman–Crippen MR) is 129 cm³/mol. The van der Waals surface area contributed by atoms with E-state index >= 15 is 0 Å². The lowest BCUT2D eigenvalue weighted by molar-refractivity contribution is 0.149. The molecule has 7 nitrogen and oxygen atoms in total. The number of rotatable bonds is 5. The van der Waals surface area contributed by atoms with Crippen molar-refractivity contribution >= 4 is 10.9 Å². The monoisotopic (exact) mass is 460 g/mol. The zero-order valence-electron chi connectivity index (χ0n) is 19.8. The minimum atomic E-state index is -0.377. The van der Waals surface area contributed by atoms with E-state index < -0.39 is 0 Å². The minimum Gasteiger partial charge on any atom is -0.322 e. The minimum absolute atomic E-state index is 0.129. The molecule has 1 atom stereocenters. The molecule has 0 amide bonds. The third-order valence-corrected chi connectivity index (χ3v) is 7.01. The first-order valence-electron chi connectivity index (χ1n) is 11.8. The summed E-state index contributed by atoms with van der Waals surface area (Å²) in [5.74, 6) is 0.981. The Labute approximate surface area is 197 Å². The van der Waals surface area contributed by atoms with Crippen LogP contribution in [0.3, 0.4) is 0 Å². The van der Waals surface area contributed by atoms with Gasteiger partial charge in [-0.05, 0) is 109 Å². The highest BCUT2D eigenvalue weighted by Crippen LogP contribution is 2.31. The van der Waals surface area contributed by atoms with Gasteiger partial charge in [-0.2, -0.15) is 0 Å². The van der Waals surface area contributed by atoms with E-state index in [9.17, 15) is 9.18 Å². The zero-order valence-corrected chi connectivity index (χ0v) is 19.8. The molecule has 8 heteroatoms. The fourth-order valence-electron chi connectivity index (χ4n) is 4.77. The molecule has 1 fully saturated rings. The SMILES string of the molecule is Cc1cc2cc([C@H](c3nnnn3Cc3ccc(F)cc3)N3CCC(C)CC3)c(=O)[nH]c2cc1C. The number of benzene rings is 2. The Balaban J connectivity index is 1.61. The van der Waals surface area contributed by atoms with Gasteiger partial charge in [0.25, 0.3) is 5.56 Å². The number of piperidine rings is 1. The summed E-state index contributed by atoms with van der Waals surface area (Å²) in [5.41, 5.74) is 4.54. The number of nitrogens with one attached hydrogen (secondary N) is 1. The maximum absolute atomic E-state index is 13.4. The molecule has 0 saturated carbocycles. The van der Waals surface area contributed by atoms with E-state index in [1.54, 1.807) is 16.8 Å². The van der Waals surface area contributed by atoms with Gasteiger partial charge < -0.3 is 4.98 Å². The molecule has 1 saturated heterocycles. The number of likely N-dealkylation sites (tertiary alicyclic amines) is 1. The lowest BCUT2D eigenvalue weighted by Crippen LogP contribution is -2.40. The van der Waals surface area contributed by atoms with Crippen LogP contribution in [0.2, 0.25) is 0 Å². The Morgan fingerprint density at radius 2 is 1.79 bits per heavy atom. The number of aromatic nitrogens is 5. The van der Waals surface area contributed by atoms with E-state index in [4.69, 9.17) is 0 Å². The van der Waals surface area contributed by atoms with E-state index in [1.807, 2.05) is 19.1 Å². The molecule has 2 aromatic carbocycles. The van der Waals surface area contributed by atoms with Gasteiger partial charge in [0.15, 0.2) is 5.82 Å². The van der Waals surface area contributed by atoms with Crippen LogP contribution in [0.15, 0.2) is 47.3 Å². The molecule has 4 aromatic rings. The van der Waals surface area contributed by atoms with Crippen molar-refractivity contribution in [1.29, 1.82) is 0 Å². The summed E-state index contributed by atoms with van der Waals surface area (Å²) in [4.78, 5) is 18.8. The first-order valence-corrected chi connectivity index (χ1v) is 11.8. The van der Waals surface area contributed by atoms with Gasteiger partial charge in [0, 0.05) is 11.1 Å². The normalized spacial score (nSPS) is 16.2. The van der Waals surface area contributed by atoms with Gasteiger partial charge in [0.2, 0.25) is 0 Å². The van der Waals surface area contributed by atoms with Crippen molar-refractivity contribution in [2.45, 2.75) is 46.2 Å². The van der Waals surface area contributed by atoms with Crippen molar-refractivity contribution in [1.82, 2.24) is 30.1 Å². The molecule has 176 valence electrons. The van der Waals surface area contributed by atoms with E-state index in [0.717, 1.165) is 48.0 Å². The van der Waals surface area contributed by atoms with Gasteiger partial charge in [0.05, 0.1) is 6.54 Å². The third kappa shape index (κ3) is 4.37. The molecule has 5 rings (SSSR count). The molecule has 0 spiro atoms. The molecule has 0 aliphatic carbocycles. The lowest BCUT2D eigenvalue weighted by Gasteiger charge is -2.35. The summed E-state index contributed by atoms with van der Waals surface area (Å²) in [6, 6.07) is 12.1. The molecule has 0 unspecified atom stereocenters. The summed E-state index contributed by atoms with van der Waals surface area (Å²) in [7, 11) is 0. The van der Waals surface area contributed by atoms with Crippen LogP contribution in [0.25, 0.3) is 10.9 Å². The Bertz CT molecular complexity index is 1370. The van der Waals surface area contributed by atoms with Crippen LogP contribution in [0, 0.1) is 25.6 Å². The molecular weight excluding hydrogens is 431 g/mol. The first-order chi connectivity index (χ1) is 16.4. The van der Waals surface area contributed by atoms with E-state index in [1.165, 1.54) is 17.7 Å². The standard InChI is InChI=1S/C26H29FN6O/c1-16-8-10-32(11-9-16)24(22-14-20-12-17(2)18(3)13-23(20)28-26(22)34)25-29-30-31-33(25)15-19-4-6-21(27)7-5-19/h4-7,12-14,16,24H,8-11,15H2,1-3H3,(H,28,34)/t24-/m1/s1. The highest BCUT2D eigenvalue weighted by molar-refractivity contribution is 5.81. The van der Waals surface area contributed by atoms with Crippen molar-refractivity contribution in [3.63, 3.8) is 0 Å². The van der Waals surface area contributed by atoms with E-state index in [2.05, 4.69) is 45.3 Å². The third-order valence-electron chi connectivity index (χ3n) is 7.01. The molecule has 1 aliphatic heterocycles. The van der Waals surface area contributed by atoms with Crippen LogP contribution < -0.4 is 5.56 Å². The maximum atomic E-state index is 13.4. The van der Waals surface area contributed by atoms with E-state index in [-0.39, 0.29) is 17.4 Å². The summed E-state index contributed by atoms with van der Waals surface area (Å²) in [5, 5.41) is 13.6. The number of hydrogen-bond acceptors (Lipinski definition) is 5. The van der Waals surface area contributed by atoms with Crippen LogP contribution in [-0.2, 0) is 6.54 Å². The Morgan fingerprint density at radius 1 is 1.09 bits per heavy atom. The second-order valence-corrected chi connectivity index (χ2v) is 9.52. The van der Waals surface area contributed by atoms with Crippen LogP contribution in [0.1, 0.15) is 53.9 Å². The Hall–Kier alpha value is -3.39. The molecule has 1 aliphatic rings. The average molecular weight is 461 g/mol. The van der Waals surface area contributed by atoms with Crippen LogP contribution in [0.5, 0.6) is 0 Å². The van der Waals surface area contributed by atoms with Crippen molar-refractivity contribution < 1.29 is 4.39 Å². The summed E-state index contributed by atoms with van der Waals surface area (Å²) >= 11 is 0. The number of H-pyrrole nitrogens is 1. The van der Waals surface area contributed by atoms with Crippen LogP contribution >= 0.6 is 0 Å². The highest BCUT2D eigenvalue weighted by atomic mass is 19.1. The van der Waals surface area contributed by atoms with Crippen molar-refractivity contribution in [3.05, 3.63) is 86.7 Å². The number of hydrogen-bond donors (Lipinski definition) is 1. The molecule has 1 N–H and O–H groups in total. The zero-order chi connectivity index (χ0) is 23.8. The summed E-state index contributed by atoms with van der Waals surface area (Å²) in [6.07, 6.45) is 2.11. The quantitative estimate of drug-likeness (QED) is 0.484. The van der Waals surface area contributed by atoms with E-state index in [0.29, 0.717) is 23.9 Å². The van der Waals surface area contributed by atoms with Crippen molar-refractivity contribution in [2.24, 2.45) is 5.92 Å². The number of tetrazole rings is 1. The number of fused-ring (bicyclic) bond motifs is 1. The van der Waals surface area contributed by atoms with Gasteiger partial charge in [-0.1, -0.05) is 19.1 Å². The molecule has 2 aromatic heterocycles. The molecule has 34 heavy (non-hydrogen) atoms. The van der Waals surface area contributed by atoms with Gasteiger partial charge in [0.1, 0.15) is 11.9 Å². The predicted octanol–water partition coefficient (Wildman–Crippen LogP) is 4.14. The topological polar surface area (TPSA) is 79.7 Å². The first kappa shape index (κ1) is 22.4. The van der Waals surface area contributed by atoms with Crippen LogP contribution in [0.4, 0.5) is 4.39 Å². The maximum Gasteiger partial charge on any atom is 0.253 e. The van der Waals surface area contributed by atoms with Crippen molar-refractivity contribution in [2.75, 3.05) is 13.1 Å². The van der Waals surface area contributed by atoms with Crippen LogP contribution in [-0.4, -0.2) is 43.2 Å². The summed E-state index contributed by atoms with van der Waals surface area (Å²) in [6.45, 7) is 8.50. The fraction of sp³-hybridized carbons (Fsp3) is 0.385. The van der Waals surface area contributed by atoms with Gasteiger partial charge in [-0.25, -0.2) is 9.07 Å². The number of pyridine rings is 1. The second kappa shape index (κ2) is 9.10. The average Bonchev–Trinajstić information content (AvgIpc) is 3.26. The Kier molecular flexibility index (Phi) is 6.00. The van der Waals surface area contributed by atoms with Gasteiger partial charge >= 0.3 is 0 Å². The van der Waals surface area contributed by atoms with Gasteiger partial charge in [-0.3, -0.25) is 9.69 Å². The van der Waals surface area contributed by atoms with Gasteiger partial charge in [-0.15, -0.1) is 5.10 Å². The molecular formula is C26H29FN6O. The number of aromatic amines is 1. The molecule has 0 bridgehead atoms. The number of aryl methyl sites for hydroxylation is 2. The second-order valence-electron chi connectivity index (χ2n) is 9.52. The summed E-state index contributed by atoms with van der Waals surface area (Å²) < 4.78 is 15.1. The lowest BCUT2D eigenvalue weighted by atomic mass is 9.95. The molecule has 0 radical (unpaired) electrons. The largest absolute Gasteiger partial charge is 0.322 e. The highest BCUT2D eigenvalue weighted by Gasteiger charge is 2.32.